The van der Waals surface area contributed by atoms with Gasteiger partial charge in [0.05, 0.1) is 0 Å². The molecule has 2 rings (SSSR count). The molecule has 0 saturated heterocycles. The van der Waals surface area contributed by atoms with Crippen molar-refractivity contribution in [3.8, 4) is 0 Å². The first-order valence-electron chi connectivity index (χ1n) is 4.45. The zero-order valence-corrected chi connectivity index (χ0v) is 7.78. The molecule has 0 spiro atoms. The summed E-state index contributed by atoms with van der Waals surface area (Å²) in [5.74, 6) is 0. The first kappa shape index (κ1) is 8.74. The first-order valence-corrected chi connectivity index (χ1v) is 4.45. The Kier molecular flexibility index (Phi) is 1.96. The van der Waals surface area contributed by atoms with Crippen LogP contribution < -0.4 is 11.1 Å². The summed E-state index contributed by atoms with van der Waals surface area (Å²) in [6, 6.07) is 6.37. The van der Waals surface area contributed by atoms with Gasteiger partial charge in [0, 0.05) is 24.1 Å². The molecule has 4 heteroatoms. The molecule has 0 aliphatic carbocycles. The Morgan fingerprint density at radius 3 is 2.64 bits per heavy atom. The van der Waals surface area contributed by atoms with Crippen LogP contribution in [-0.2, 0) is 6.54 Å². The molecule has 14 heavy (non-hydrogen) atoms. The van der Waals surface area contributed by atoms with E-state index in [1.165, 1.54) is 16.7 Å². The highest BCUT2D eigenvalue weighted by Crippen LogP contribution is 2.05. The molecule has 0 aliphatic rings. The lowest BCUT2D eigenvalue weighted by molar-refractivity contribution is 0.748. The summed E-state index contributed by atoms with van der Waals surface area (Å²) in [5.41, 5.74) is 0.305. The number of fused-ring (bicyclic) bond motifs is 1. The monoisotopic (exact) mass is 190 g/mol. The molecular formula is C10H10N2O2. The van der Waals surface area contributed by atoms with Crippen LogP contribution in [-0.4, -0.2) is 9.55 Å². The molecule has 0 bridgehead atoms. The molecule has 0 amide bonds. The third-order valence-electron chi connectivity index (χ3n) is 2.19. The first-order chi connectivity index (χ1) is 6.72. The SMILES string of the molecule is CCn1c(=O)ccc2ccc(=O)[nH]c21. The number of nitrogens with one attached hydrogen (secondary N) is 1. The van der Waals surface area contributed by atoms with Crippen LogP contribution in [0.4, 0.5) is 0 Å². The minimum atomic E-state index is -0.190. The van der Waals surface area contributed by atoms with Gasteiger partial charge in [-0.2, -0.15) is 0 Å². The third kappa shape index (κ3) is 1.25. The summed E-state index contributed by atoms with van der Waals surface area (Å²) in [6.07, 6.45) is 0. The van der Waals surface area contributed by atoms with Crippen molar-refractivity contribution in [3.05, 3.63) is 45.0 Å². The molecule has 0 radical (unpaired) electrons. The Labute approximate surface area is 79.8 Å². The van der Waals surface area contributed by atoms with Crippen LogP contribution in [0.3, 0.4) is 0 Å². The van der Waals surface area contributed by atoms with E-state index >= 15 is 0 Å². The van der Waals surface area contributed by atoms with Crippen molar-refractivity contribution in [3.63, 3.8) is 0 Å². The van der Waals surface area contributed by atoms with Crippen molar-refractivity contribution >= 4 is 11.0 Å². The maximum absolute atomic E-state index is 11.4. The van der Waals surface area contributed by atoms with Crippen molar-refractivity contribution in [2.45, 2.75) is 13.5 Å². The molecule has 0 aliphatic heterocycles. The number of rotatable bonds is 1. The van der Waals surface area contributed by atoms with Gasteiger partial charge in [-0.05, 0) is 19.1 Å². The lowest BCUT2D eigenvalue weighted by atomic mass is 10.3. The molecule has 0 atom stereocenters. The van der Waals surface area contributed by atoms with Gasteiger partial charge in [0.2, 0.25) is 5.56 Å². The summed E-state index contributed by atoms with van der Waals surface area (Å²) in [6.45, 7) is 2.42. The number of hydrogen-bond acceptors (Lipinski definition) is 2. The van der Waals surface area contributed by atoms with E-state index in [-0.39, 0.29) is 11.1 Å². The lowest BCUT2D eigenvalue weighted by Gasteiger charge is -2.05. The van der Waals surface area contributed by atoms with Crippen molar-refractivity contribution in [2.75, 3.05) is 0 Å². The predicted octanol–water partition coefficient (Wildman–Crippen LogP) is 0.710. The summed E-state index contributed by atoms with van der Waals surface area (Å²) in [7, 11) is 0. The fourth-order valence-corrected chi connectivity index (χ4v) is 1.51. The molecule has 2 heterocycles. The van der Waals surface area contributed by atoms with Crippen LogP contribution in [0.2, 0.25) is 0 Å². The molecule has 0 saturated carbocycles. The third-order valence-corrected chi connectivity index (χ3v) is 2.19. The minimum absolute atomic E-state index is 0.0955. The van der Waals surface area contributed by atoms with Gasteiger partial charge in [0.15, 0.2) is 0 Å². The van der Waals surface area contributed by atoms with Crippen LogP contribution in [0.25, 0.3) is 11.0 Å². The molecule has 1 N–H and O–H groups in total. The second-order valence-corrected chi connectivity index (χ2v) is 3.04. The Balaban J connectivity index is 2.98. The van der Waals surface area contributed by atoms with Crippen molar-refractivity contribution in [2.24, 2.45) is 0 Å². The van der Waals surface area contributed by atoms with E-state index in [1.807, 2.05) is 6.92 Å². The number of pyridine rings is 2. The summed E-state index contributed by atoms with van der Waals surface area (Å²) < 4.78 is 1.54. The van der Waals surface area contributed by atoms with Crippen molar-refractivity contribution < 1.29 is 0 Å². The van der Waals surface area contributed by atoms with Crippen LogP contribution in [0.15, 0.2) is 33.9 Å². The van der Waals surface area contributed by atoms with E-state index in [9.17, 15) is 9.59 Å². The predicted molar refractivity (Wildman–Crippen MR) is 54.5 cm³/mol. The standard InChI is InChI=1S/C10H10N2O2/c1-2-12-9(14)6-4-7-3-5-8(13)11-10(7)12/h3-6H,2H2,1H3,(H,11,13). The average Bonchev–Trinajstić information content (AvgIpc) is 2.17. The Morgan fingerprint density at radius 1 is 1.21 bits per heavy atom. The maximum atomic E-state index is 11.4. The van der Waals surface area contributed by atoms with Gasteiger partial charge >= 0.3 is 0 Å². The van der Waals surface area contributed by atoms with E-state index in [4.69, 9.17) is 0 Å². The molecule has 2 aromatic rings. The zero-order valence-electron chi connectivity index (χ0n) is 7.78. The number of hydrogen-bond donors (Lipinski definition) is 1. The number of aromatic amines is 1. The second kappa shape index (κ2) is 3.14. The number of aromatic nitrogens is 2. The summed E-state index contributed by atoms with van der Waals surface area (Å²) >= 11 is 0. The van der Waals surface area contributed by atoms with E-state index in [2.05, 4.69) is 4.98 Å². The van der Waals surface area contributed by atoms with Crippen LogP contribution >= 0.6 is 0 Å². The highest BCUT2D eigenvalue weighted by molar-refractivity contribution is 5.74. The summed E-state index contributed by atoms with van der Waals surface area (Å²) in [4.78, 5) is 25.2. The van der Waals surface area contributed by atoms with Gasteiger partial charge in [-0.3, -0.25) is 14.2 Å². The largest absolute Gasteiger partial charge is 0.308 e. The number of H-pyrrole nitrogens is 1. The normalized spacial score (nSPS) is 10.6. The maximum Gasteiger partial charge on any atom is 0.252 e. The van der Waals surface area contributed by atoms with Crippen LogP contribution in [0.1, 0.15) is 6.92 Å². The molecule has 0 unspecified atom stereocenters. The summed E-state index contributed by atoms with van der Waals surface area (Å²) in [5, 5.41) is 0.867. The second-order valence-electron chi connectivity index (χ2n) is 3.04. The number of nitrogens with zero attached hydrogens (tertiary/aromatic N) is 1. The molecule has 0 aromatic carbocycles. The van der Waals surface area contributed by atoms with Crippen molar-refractivity contribution in [1.29, 1.82) is 0 Å². The number of aryl methyl sites for hydroxylation is 1. The van der Waals surface area contributed by atoms with E-state index in [0.29, 0.717) is 12.2 Å². The van der Waals surface area contributed by atoms with Crippen LogP contribution in [0, 0.1) is 0 Å². The molecule has 4 nitrogen and oxygen atoms in total. The quantitative estimate of drug-likeness (QED) is 0.720. The molecular weight excluding hydrogens is 180 g/mol. The molecule has 2 aromatic heterocycles. The Morgan fingerprint density at radius 2 is 1.93 bits per heavy atom. The van der Waals surface area contributed by atoms with Crippen LogP contribution in [0.5, 0.6) is 0 Å². The Hall–Kier alpha value is -1.84. The fraction of sp³-hybridized carbons (Fsp3) is 0.200. The van der Waals surface area contributed by atoms with Gasteiger partial charge in [-0.15, -0.1) is 0 Å². The van der Waals surface area contributed by atoms with Gasteiger partial charge in [-0.25, -0.2) is 0 Å². The lowest BCUT2D eigenvalue weighted by Crippen LogP contribution is -2.20. The van der Waals surface area contributed by atoms with E-state index < -0.39 is 0 Å². The Bertz CT molecular complexity index is 575. The van der Waals surface area contributed by atoms with Gasteiger partial charge < -0.3 is 4.98 Å². The highest BCUT2D eigenvalue weighted by atomic mass is 16.1. The smallest absolute Gasteiger partial charge is 0.252 e. The van der Waals surface area contributed by atoms with Gasteiger partial charge in [-0.1, -0.05) is 0 Å². The van der Waals surface area contributed by atoms with Gasteiger partial charge in [0.1, 0.15) is 5.65 Å². The fourth-order valence-electron chi connectivity index (χ4n) is 1.51. The topological polar surface area (TPSA) is 54.9 Å². The van der Waals surface area contributed by atoms with Crippen molar-refractivity contribution in [1.82, 2.24) is 9.55 Å². The minimum Gasteiger partial charge on any atom is -0.308 e. The zero-order chi connectivity index (χ0) is 10.1. The van der Waals surface area contributed by atoms with Gasteiger partial charge in [0.25, 0.3) is 5.56 Å². The molecule has 72 valence electrons. The van der Waals surface area contributed by atoms with E-state index in [0.717, 1.165) is 5.39 Å². The highest BCUT2D eigenvalue weighted by Gasteiger charge is 2.00. The van der Waals surface area contributed by atoms with E-state index in [1.54, 1.807) is 12.1 Å². The molecule has 0 fully saturated rings. The average molecular weight is 190 g/mol.